The molecule has 8 nitrogen and oxygen atoms in total. The monoisotopic (exact) mass is 446 g/mol. The molecule has 1 aliphatic heterocycles. The number of carbonyl (C=O) groups excluding carboxylic acids is 2. The predicted molar refractivity (Wildman–Crippen MR) is 116 cm³/mol. The Labute approximate surface area is 188 Å². The summed E-state index contributed by atoms with van der Waals surface area (Å²) in [5.74, 6) is -0.361. The Morgan fingerprint density at radius 1 is 1.18 bits per heavy atom. The van der Waals surface area contributed by atoms with Gasteiger partial charge in [0, 0.05) is 30.7 Å². The molecule has 0 saturated carbocycles. The number of nitrogens with one attached hydrogen (secondary N) is 1. The van der Waals surface area contributed by atoms with E-state index >= 15 is 0 Å². The number of hydrogen-bond donors (Lipinski definition) is 1. The lowest BCUT2D eigenvalue weighted by Gasteiger charge is -2.34. The van der Waals surface area contributed by atoms with E-state index in [4.69, 9.17) is 9.26 Å². The van der Waals surface area contributed by atoms with Crippen LogP contribution in [0, 0.1) is 5.82 Å². The maximum Gasteiger partial charge on any atom is 0.277 e. The number of hydrogen-bond acceptors (Lipinski definition) is 6. The summed E-state index contributed by atoms with van der Waals surface area (Å²) in [6, 6.07) is 15.5. The summed E-state index contributed by atoms with van der Waals surface area (Å²) >= 11 is 0. The summed E-state index contributed by atoms with van der Waals surface area (Å²) < 4.78 is 24.8. The largest absolute Gasteiger partial charge is 0.486 e. The van der Waals surface area contributed by atoms with E-state index in [1.807, 2.05) is 24.3 Å². The van der Waals surface area contributed by atoms with E-state index in [0.29, 0.717) is 23.6 Å². The van der Waals surface area contributed by atoms with Gasteiger partial charge in [0.1, 0.15) is 24.2 Å². The normalized spacial score (nSPS) is 16.0. The first kappa shape index (κ1) is 20.6. The molecule has 9 heteroatoms. The van der Waals surface area contributed by atoms with Crippen LogP contribution in [0.2, 0.25) is 0 Å². The van der Waals surface area contributed by atoms with Crippen molar-refractivity contribution in [1.82, 2.24) is 20.4 Å². The Kier molecular flexibility index (Phi) is 5.43. The quantitative estimate of drug-likeness (QED) is 0.506. The fourth-order valence-corrected chi connectivity index (χ4v) is 3.82. The Balaban J connectivity index is 1.31. The van der Waals surface area contributed by atoms with Gasteiger partial charge >= 0.3 is 0 Å². The summed E-state index contributed by atoms with van der Waals surface area (Å²) in [4.78, 5) is 31.3. The Hall–Kier alpha value is -4.27. The van der Waals surface area contributed by atoms with Gasteiger partial charge in [0.15, 0.2) is 11.5 Å². The van der Waals surface area contributed by atoms with Crippen LogP contribution in [0.1, 0.15) is 27.9 Å². The van der Waals surface area contributed by atoms with Crippen molar-refractivity contribution in [2.24, 2.45) is 0 Å². The van der Waals surface area contributed by atoms with E-state index in [1.54, 1.807) is 18.3 Å². The lowest BCUT2D eigenvalue weighted by atomic mass is 10.0. The molecular weight excluding hydrogens is 427 g/mol. The third-order valence-corrected chi connectivity index (χ3v) is 5.37. The number of benzene rings is 2. The van der Waals surface area contributed by atoms with Gasteiger partial charge < -0.3 is 19.5 Å². The number of rotatable bonds is 5. The van der Waals surface area contributed by atoms with E-state index in [-0.39, 0.29) is 24.8 Å². The minimum Gasteiger partial charge on any atom is -0.486 e. The molecule has 1 N–H and O–H groups in total. The molecule has 1 atom stereocenters. The minimum atomic E-state index is -0.954. The second-order valence-electron chi connectivity index (χ2n) is 7.57. The molecule has 0 aliphatic carbocycles. The van der Waals surface area contributed by atoms with E-state index < -0.39 is 17.8 Å². The maximum absolute atomic E-state index is 13.7. The first-order chi connectivity index (χ1) is 16.1. The van der Waals surface area contributed by atoms with Crippen molar-refractivity contribution in [3.8, 4) is 5.75 Å². The van der Waals surface area contributed by atoms with Gasteiger partial charge in [0.2, 0.25) is 5.91 Å². The molecule has 33 heavy (non-hydrogen) atoms. The zero-order valence-electron chi connectivity index (χ0n) is 17.4. The van der Waals surface area contributed by atoms with Gasteiger partial charge in [-0.1, -0.05) is 23.4 Å². The molecule has 0 bridgehead atoms. The SMILES string of the molecule is O=C1NCCN(C(=O)c2cc(COc3ccc4ncccc4c3)on2)[C@@H]1c1cccc(F)c1. The third-order valence-electron chi connectivity index (χ3n) is 5.37. The minimum absolute atomic E-state index is 0.0485. The maximum atomic E-state index is 13.7. The topological polar surface area (TPSA) is 97.6 Å². The van der Waals surface area contributed by atoms with Gasteiger partial charge in [0.25, 0.3) is 5.91 Å². The van der Waals surface area contributed by atoms with Crippen LogP contribution in [0.4, 0.5) is 4.39 Å². The van der Waals surface area contributed by atoms with Crippen LogP contribution < -0.4 is 10.1 Å². The van der Waals surface area contributed by atoms with Crippen LogP contribution in [0.3, 0.4) is 0 Å². The van der Waals surface area contributed by atoms with E-state index in [9.17, 15) is 14.0 Å². The van der Waals surface area contributed by atoms with Crippen molar-refractivity contribution in [1.29, 1.82) is 0 Å². The molecule has 4 aromatic rings. The number of nitrogens with zero attached hydrogens (tertiary/aromatic N) is 3. The number of fused-ring (bicyclic) bond motifs is 1. The average Bonchev–Trinajstić information content (AvgIpc) is 3.31. The molecule has 0 spiro atoms. The van der Waals surface area contributed by atoms with E-state index in [0.717, 1.165) is 10.9 Å². The first-order valence-corrected chi connectivity index (χ1v) is 10.4. The second kappa shape index (κ2) is 8.70. The van der Waals surface area contributed by atoms with Crippen molar-refractivity contribution < 1.29 is 23.2 Å². The van der Waals surface area contributed by atoms with Crippen molar-refractivity contribution >= 4 is 22.7 Å². The highest BCUT2D eigenvalue weighted by Gasteiger charge is 2.36. The highest BCUT2D eigenvalue weighted by Crippen LogP contribution is 2.26. The highest BCUT2D eigenvalue weighted by atomic mass is 19.1. The molecule has 5 rings (SSSR count). The number of piperazine rings is 1. The van der Waals surface area contributed by atoms with Crippen LogP contribution in [0.5, 0.6) is 5.75 Å². The Morgan fingerprint density at radius 3 is 2.97 bits per heavy atom. The van der Waals surface area contributed by atoms with Crippen LogP contribution in [-0.2, 0) is 11.4 Å². The van der Waals surface area contributed by atoms with Crippen LogP contribution >= 0.6 is 0 Å². The number of aromatic nitrogens is 2. The molecular formula is C24H19FN4O4. The molecule has 1 fully saturated rings. The molecule has 3 heterocycles. The fraction of sp³-hybridized carbons (Fsp3) is 0.167. The average molecular weight is 446 g/mol. The Bertz CT molecular complexity index is 1340. The second-order valence-corrected chi connectivity index (χ2v) is 7.57. The van der Waals surface area contributed by atoms with Gasteiger partial charge in [-0.2, -0.15) is 0 Å². The predicted octanol–water partition coefficient (Wildman–Crippen LogP) is 3.25. The summed E-state index contributed by atoms with van der Waals surface area (Å²) in [7, 11) is 0. The summed E-state index contributed by atoms with van der Waals surface area (Å²) in [6.07, 6.45) is 1.72. The fourth-order valence-electron chi connectivity index (χ4n) is 3.82. The molecule has 2 amide bonds. The third kappa shape index (κ3) is 4.25. The van der Waals surface area contributed by atoms with Crippen molar-refractivity contribution in [2.45, 2.75) is 12.6 Å². The molecule has 166 valence electrons. The standard InChI is InChI=1S/C24H19FN4O4/c25-17-5-1-3-16(11-17)22-23(30)27-9-10-29(22)24(31)21-13-19(33-28-21)14-32-18-6-7-20-15(12-18)4-2-8-26-20/h1-8,11-13,22H,9-10,14H2,(H,27,30)/t22-/m1/s1. The van der Waals surface area contributed by atoms with Gasteiger partial charge in [-0.05, 0) is 42.0 Å². The number of halogens is 1. The highest BCUT2D eigenvalue weighted by molar-refractivity contribution is 5.97. The molecule has 0 radical (unpaired) electrons. The summed E-state index contributed by atoms with van der Waals surface area (Å²) in [5.41, 5.74) is 1.29. The lowest BCUT2D eigenvalue weighted by Crippen LogP contribution is -2.52. The molecule has 2 aromatic carbocycles. The van der Waals surface area contributed by atoms with Crippen LogP contribution in [-0.4, -0.2) is 39.9 Å². The van der Waals surface area contributed by atoms with Crippen molar-refractivity contribution in [2.75, 3.05) is 13.1 Å². The molecule has 1 aliphatic rings. The molecule has 2 aromatic heterocycles. The molecule has 1 saturated heterocycles. The first-order valence-electron chi connectivity index (χ1n) is 10.4. The number of amides is 2. The zero-order valence-corrected chi connectivity index (χ0v) is 17.4. The molecule has 0 unspecified atom stereocenters. The van der Waals surface area contributed by atoms with Gasteiger partial charge in [-0.25, -0.2) is 4.39 Å². The Morgan fingerprint density at radius 2 is 2.09 bits per heavy atom. The van der Waals surface area contributed by atoms with Gasteiger partial charge in [-0.15, -0.1) is 0 Å². The number of carbonyl (C=O) groups is 2. The van der Waals surface area contributed by atoms with E-state index in [2.05, 4.69) is 15.5 Å². The van der Waals surface area contributed by atoms with Gasteiger partial charge in [0.05, 0.1) is 5.52 Å². The number of pyridine rings is 1. The lowest BCUT2D eigenvalue weighted by molar-refractivity contribution is -0.128. The summed E-state index contributed by atoms with van der Waals surface area (Å²) in [5, 5.41) is 7.52. The van der Waals surface area contributed by atoms with Gasteiger partial charge in [-0.3, -0.25) is 14.6 Å². The summed E-state index contributed by atoms with van der Waals surface area (Å²) in [6.45, 7) is 0.621. The number of ether oxygens (including phenoxy) is 1. The van der Waals surface area contributed by atoms with Crippen molar-refractivity contribution in [3.63, 3.8) is 0 Å². The zero-order chi connectivity index (χ0) is 22.8. The van der Waals surface area contributed by atoms with Crippen molar-refractivity contribution in [3.05, 3.63) is 89.7 Å². The van der Waals surface area contributed by atoms with Crippen LogP contribution in [0.15, 0.2) is 71.4 Å². The van der Waals surface area contributed by atoms with Crippen LogP contribution in [0.25, 0.3) is 10.9 Å². The smallest absolute Gasteiger partial charge is 0.277 e. The van der Waals surface area contributed by atoms with E-state index in [1.165, 1.54) is 29.2 Å².